The monoisotopic (exact) mass is 516 g/mol. The Morgan fingerprint density at radius 2 is 1.60 bits per heavy atom. The van der Waals surface area contributed by atoms with E-state index in [0.29, 0.717) is 57.4 Å². The molecule has 0 heterocycles. The zero-order chi connectivity index (χ0) is 25.2. The number of ether oxygens (including phenoxy) is 4. The summed E-state index contributed by atoms with van der Waals surface area (Å²) in [5.74, 6) is 1.76. The zero-order valence-electron chi connectivity index (χ0n) is 19.6. The summed E-state index contributed by atoms with van der Waals surface area (Å²) in [5.41, 5.74) is 4.42. The number of halogens is 2. The van der Waals surface area contributed by atoms with Gasteiger partial charge in [0.1, 0.15) is 6.61 Å². The molecule has 0 bridgehead atoms. The number of hydrogen-bond acceptors (Lipinski definition) is 6. The van der Waals surface area contributed by atoms with Gasteiger partial charge in [-0.15, -0.1) is 0 Å². The van der Waals surface area contributed by atoms with Gasteiger partial charge in [0.2, 0.25) is 0 Å². The third-order valence-electron chi connectivity index (χ3n) is 4.77. The summed E-state index contributed by atoms with van der Waals surface area (Å²) >= 11 is 12.1. The van der Waals surface area contributed by atoms with Gasteiger partial charge in [0, 0.05) is 21.2 Å². The molecule has 0 saturated carbocycles. The van der Waals surface area contributed by atoms with Crippen LogP contribution in [0.15, 0.2) is 59.7 Å². The van der Waals surface area contributed by atoms with Crippen LogP contribution in [0.5, 0.6) is 23.0 Å². The molecule has 0 spiro atoms. The lowest BCUT2D eigenvalue weighted by Crippen LogP contribution is -2.17. The van der Waals surface area contributed by atoms with Gasteiger partial charge < -0.3 is 18.9 Å². The van der Waals surface area contributed by atoms with E-state index >= 15 is 0 Å². The Bertz CT molecular complexity index is 1200. The van der Waals surface area contributed by atoms with E-state index in [-0.39, 0.29) is 12.5 Å². The van der Waals surface area contributed by atoms with Crippen molar-refractivity contribution in [3.05, 3.63) is 81.3 Å². The highest BCUT2D eigenvalue weighted by Gasteiger charge is 2.12. The molecule has 3 aromatic rings. The van der Waals surface area contributed by atoms with Gasteiger partial charge in [0.15, 0.2) is 23.0 Å². The molecule has 0 aliphatic carbocycles. The van der Waals surface area contributed by atoms with Crippen LogP contribution in [0.25, 0.3) is 0 Å². The summed E-state index contributed by atoms with van der Waals surface area (Å²) in [6.45, 7) is 4.95. The Hall–Kier alpha value is -3.42. The normalized spacial score (nSPS) is 10.8. The largest absolute Gasteiger partial charge is 0.493 e. The predicted molar refractivity (Wildman–Crippen MR) is 138 cm³/mol. The van der Waals surface area contributed by atoms with E-state index in [2.05, 4.69) is 10.5 Å². The number of hydrazone groups is 1. The third-order valence-corrected chi connectivity index (χ3v) is 5.36. The van der Waals surface area contributed by atoms with E-state index in [1.807, 2.05) is 19.9 Å². The molecule has 0 unspecified atom stereocenters. The van der Waals surface area contributed by atoms with Crippen molar-refractivity contribution in [1.82, 2.24) is 5.43 Å². The summed E-state index contributed by atoms with van der Waals surface area (Å²) in [6.07, 6.45) is 1.51. The van der Waals surface area contributed by atoms with Crippen molar-refractivity contribution in [2.24, 2.45) is 5.10 Å². The topological polar surface area (TPSA) is 78.4 Å². The first kappa shape index (κ1) is 26.2. The third kappa shape index (κ3) is 7.28. The van der Waals surface area contributed by atoms with Gasteiger partial charge in [0.25, 0.3) is 5.91 Å². The first-order valence-corrected chi connectivity index (χ1v) is 11.7. The number of methoxy groups -OCH3 is 1. The molecular weight excluding hydrogens is 491 g/mol. The standard InChI is InChI=1S/C26H26Cl2N2O5/c1-4-33-23-11-8-18(13-25(23)34-5-2)26(31)30-29-15-17-6-10-22(24(12-17)32-3)35-16-19-7-9-20(27)14-21(19)28/h6-15H,4-5,16H2,1-3H3,(H,30,31)/b29-15+. The van der Waals surface area contributed by atoms with Gasteiger partial charge in [-0.25, -0.2) is 5.43 Å². The van der Waals surface area contributed by atoms with Gasteiger partial charge in [-0.3, -0.25) is 4.79 Å². The maximum Gasteiger partial charge on any atom is 0.271 e. The van der Waals surface area contributed by atoms with Crippen LogP contribution in [-0.4, -0.2) is 32.4 Å². The highest BCUT2D eigenvalue weighted by Crippen LogP contribution is 2.30. The second kappa shape index (κ2) is 12.9. The van der Waals surface area contributed by atoms with Crippen molar-refractivity contribution in [2.75, 3.05) is 20.3 Å². The van der Waals surface area contributed by atoms with Crippen LogP contribution in [0.4, 0.5) is 0 Å². The molecule has 1 amide bonds. The molecular formula is C26H26Cl2N2O5. The van der Waals surface area contributed by atoms with E-state index in [1.54, 1.807) is 55.6 Å². The maximum absolute atomic E-state index is 12.5. The molecule has 1 N–H and O–H groups in total. The molecule has 0 aliphatic rings. The fourth-order valence-corrected chi connectivity index (χ4v) is 3.56. The van der Waals surface area contributed by atoms with Crippen LogP contribution in [-0.2, 0) is 6.61 Å². The molecule has 3 rings (SSSR count). The quantitative estimate of drug-likeness (QED) is 0.244. The Labute approximate surface area is 214 Å². The molecule has 0 fully saturated rings. The van der Waals surface area contributed by atoms with Crippen LogP contribution in [0.3, 0.4) is 0 Å². The average Bonchev–Trinajstić information content (AvgIpc) is 2.85. The van der Waals surface area contributed by atoms with Crippen molar-refractivity contribution < 1.29 is 23.7 Å². The van der Waals surface area contributed by atoms with Gasteiger partial charge in [0.05, 0.1) is 26.5 Å². The summed E-state index contributed by atoms with van der Waals surface area (Å²) in [5, 5.41) is 5.13. The van der Waals surface area contributed by atoms with E-state index in [9.17, 15) is 4.79 Å². The molecule has 3 aromatic carbocycles. The number of benzene rings is 3. The van der Waals surface area contributed by atoms with Crippen LogP contribution >= 0.6 is 23.2 Å². The van der Waals surface area contributed by atoms with Crippen LogP contribution in [0.1, 0.15) is 35.3 Å². The van der Waals surface area contributed by atoms with Gasteiger partial charge in [-0.05, 0) is 67.9 Å². The van der Waals surface area contributed by atoms with Crippen molar-refractivity contribution in [1.29, 1.82) is 0 Å². The minimum atomic E-state index is -0.378. The molecule has 0 aromatic heterocycles. The van der Waals surface area contributed by atoms with E-state index in [1.165, 1.54) is 6.21 Å². The Morgan fingerprint density at radius 3 is 2.31 bits per heavy atom. The second-order valence-corrected chi connectivity index (χ2v) is 8.01. The number of amides is 1. The summed E-state index contributed by atoms with van der Waals surface area (Å²) in [7, 11) is 1.54. The lowest BCUT2D eigenvalue weighted by Gasteiger charge is -2.12. The lowest BCUT2D eigenvalue weighted by molar-refractivity contribution is 0.0954. The van der Waals surface area contributed by atoms with E-state index in [0.717, 1.165) is 5.56 Å². The second-order valence-electron chi connectivity index (χ2n) is 7.16. The van der Waals surface area contributed by atoms with Gasteiger partial charge in [-0.2, -0.15) is 5.10 Å². The van der Waals surface area contributed by atoms with Crippen molar-refractivity contribution in [3.63, 3.8) is 0 Å². The van der Waals surface area contributed by atoms with Crippen LogP contribution < -0.4 is 24.4 Å². The number of nitrogens with one attached hydrogen (secondary N) is 1. The molecule has 0 aliphatic heterocycles. The fourth-order valence-electron chi connectivity index (χ4n) is 3.10. The summed E-state index contributed by atoms with van der Waals surface area (Å²) in [4.78, 5) is 12.5. The zero-order valence-corrected chi connectivity index (χ0v) is 21.2. The number of hydrogen-bond donors (Lipinski definition) is 1. The molecule has 9 heteroatoms. The SMILES string of the molecule is CCOc1ccc(C(=O)N/N=C/c2ccc(OCc3ccc(Cl)cc3Cl)c(OC)c2)cc1OCC. The molecule has 0 radical (unpaired) electrons. The van der Waals surface area contributed by atoms with Gasteiger partial charge >= 0.3 is 0 Å². The average molecular weight is 517 g/mol. The Balaban J connectivity index is 1.64. The molecule has 184 valence electrons. The van der Waals surface area contributed by atoms with Gasteiger partial charge in [-0.1, -0.05) is 29.3 Å². The first-order chi connectivity index (χ1) is 16.9. The molecule has 0 saturated heterocycles. The number of rotatable bonds is 11. The predicted octanol–water partition coefficient (Wildman–Crippen LogP) is 6.14. The minimum Gasteiger partial charge on any atom is -0.493 e. The van der Waals surface area contributed by atoms with Crippen molar-refractivity contribution in [2.45, 2.75) is 20.5 Å². The first-order valence-electron chi connectivity index (χ1n) is 10.9. The highest BCUT2D eigenvalue weighted by molar-refractivity contribution is 6.35. The van der Waals surface area contributed by atoms with E-state index < -0.39 is 0 Å². The molecule has 35 heavy (non-hydrogen) atoms. The summed E-state index contributed by atoms with van der Waals surface area (Å²) in [6, 6.07) is 15.5. The maximum atomic E-state index is 12.5. The van der Waals surface area contributed by atoms with E-state index in [4.69, 9.17) is 42.1 Å². The summed E-state index contributed by atoms with van der Waals surface area (Å²) < 4.78 is 22.4. The van der Waals surface area contributed by atoms with Crippen molar-refractivity contribution in [3.8, 4) is 23.0 Å². The minimum absolute atomic E-state index is 0.252. The molecule has 7 nitrogen and oxygen atoms in total. The number of carbonyl (C=O) groups excluding carboxylic acids is 1. The highest BCUT2D eigenvalue weighted by atomic mass is 35.5. The Kier molecular flexibility index (Phi) is 9.64. The van der Waals surface area contributed by atoms with Crippen LogP contribution in [0, 0.1) is 0 Å². The number of nitrogens with zero attached hydrogens (tertiary/aromatic N) is 1. The fraction of sp³-hybridized carbons (Fsp3) is 0.231. The lowest BCUT2D eigenvalue weighted by atomic mass is 10.2. The van der Waals surface area contributed by atoms with Crippen molar-refractivity contribution >= 4 is 35.3 Å². The molecule has 0 atom stereocenters. The Morgan fingerprint density at radius 1 is 0.886 bits per heavy atom. The smallest absolute Gasteiger partial charge is 0.271 e. The number of carbonyl (C=O) groups is 1. The van der Waals surface area contributed by atoms with Crippen LogP contribution in [0.2, 0.25) is 10.0 Å².